The summed E-state index contributed by atoms with van der Waals surface area (Å²) in [5, 5.41) is 10.3. The molecule has 0 spiro atoms. The van der Waals surface area contributed by atoms with Gasteiger partial charge >= 0.3 is 20.4 Å². The molecule has 0 saturated heterocycles. The molecule has 0 saturated carbocycles. The van der Waals surface area contributed by atoms with Crippen molar-refractivity contribution in [1.82, 2.24) is 20.3 Å². The van der Waals surface area contributed by atoms with Crippen molar-refractivity contribution in [3.8, 4) is 22.7 Å². The van der Waals surface area contributed by atoms with E-state index in [0.717, 1.165) is 31.5 Å². The van der Waals surface area contributed by atoms with Crippen LogP contribution in [-0.2, 0) is 18.9 Å². The molecule has 0 amide bonds. The summed E-state index contributed by atoms with van der Waals surface area (Å²) in [6.45, 7) is 1.99. The molecule has 34 heavy (non-hydrogen) atoms. The molecule has 0 fully saturated rings. The number of alkyl halides is 5. The van der Waals surface area contributed by atoms with Crippen molar-refractivity contribution in [3.05, 3.63) is 46.1 Å². The molecular weight excluding hydrogens is 512 g/mol. The van der Waals surface area contributed by atoms with Gasteiger partial charge in [-0.1, -0.05) is 30.1 Å². The quantitative estimate of drug-likeness (QED) is 0.239. The van der Waals surface area contributed by atoms with Crippen molar-refractivity contribution >= 4 is 20.1 Å². The Bertz CT molecular complexity index is 1160. The molecule has 0 bridgehead atoms. The summed E-state index contributed by atoms with van der Waals surface area (Å²) < 4.78 is 100. The number of rotatable bonds is 8. The Kier molecular flexibility index (Phi) is 7.64. The van der Waals surface area contributed by atoms with E-state index in [1.54, 1.807) is 25.2 Å². The van der Waals surface area contributed by atoms with Crippen molar-refractivity contribution in [1.29, 1.82) is 0 Å². The van der Waals surface area contributed by atoms with E-state index in [9.17, 15) is 30.3 Å². The van der Waals surface area contributed by atoms with Crippen LogP contribution in [0, 0.1) is 0 Å². The van der Waals surface area contributed by atoms with Gasteiger partial charge in [0.25, 0.3) is 0 Å². The van der Waals surface area contributed by atoms with Gasteiger partial charge in [0.2, 0.25) is 0 Å². The highest BCUT2D eigenvalue weighted by atomic mass is 35.5. The lowest BCUT2D eigenvalue weighted by atomic mass is 9.99. The third-order valence-electron chi connectivity index (χ3n) is 5.16. The minimum absolute atomic E-state index is 0.0279. The van der Waals surface area contributed by atoms with Crippen LogP contribution >= 0.6 is 20.1 Å². The van der Waals surface area contributed by atoms with E-state index < -0.39 is 43.0 Å². The van der Waals surface area contributed by atoms with Gasteiger partial charge in [-0.15, -0.1) is 0 Å². The number of hydrogen-bond donors (Lipinski definition) is 1. The van der Waals surface area contributed by atoms with E-state index in [4.69, 9.17) is 16.1 Å². The summed E-state index contributed by atoms with van der Waals surface area (Å²) >= 11 is 6.30. The van der Waals surface area contributed by atoms with Gasteiger partial charge < -0.3 is 9.84 Å². The zero-order chi connectivity index (χ0) is 25.4. The number of nitrogens with one attached hydrogen (secondary N) is 1. The van der Waals surface area contributed by atoms with E-state index in [2.05, 4.69) is 15.6 Å². The summed E-state index contributed by atoms with van der Waals surface area (Å²) in [4.78, 5) is 0. The first-order valence-electron chi connectivity index (χ1n) is 9.91. The van der Waals surface area contributed by atoms with Crippen LogP contribution in [0.3, 0.4) is 0 Å². The summed E-state index contributed by atoms with van der Waals surface area (Å²) in [7, 11) is -2.39. The highest BCUT2D eigenvalue weighted by Crippen LogP contribution is 2.62. The standard InChI is InChI=1S/C20H19ClF7N4OP/c1-4-5-13(29-2)11-8-10(6-7-12(11)21)15-9-14(31-33-15)17-16(19(22,23)24)18(30-32(17)3)20(25,26)34(27)28/h6-9,13,29H,4-5H2,1-3H3. The maximum atomic E-state index is 13.9. The average Bonchev–Trinajstić information content (AvgIpc) is 3.37. The van der Waals surface area contributed by atoms with Crippen LogP contribution in [0.5, 0.6) is 0 Å². The zero-order valence-corrected chi connectivity index (χ0v) is 19.7. The molecule has 0 aliphatic rings. The van der Waals surface area contributed by atoms with Gasteiger partial charge in [-0.3, -0.25) is 4.68 Å². The van der Waals surface area contributed by atoms with Crippen molar-refractivity contribution in [2.45, 2.75) is 37.6 Å². The Morgan fingerprint density at radius 2 is 1.85 bits per heavy atom. The molecule has 1 N–H and O–H groups in total. The molecule has 0 aliphatic carbocycles. The maximum Gasteiger partial charge on any atom is 0.420 e. The van der Waals surface area contributed by atoms with Crippen molar-refractivity contribution in [3.63, 3.8) is 0 Å². The zero-order valence-electron chi connectivity index (χ0n) is 18.0. The first kappa shape index (κ1) is 26.4. The highest BCUT2D eigenvalue weighted by molar-refractivity contribution is 7.47. The van der Waals surface area contributed by atoms with Crippen molar-refractivity contribution < 1.29 is 34.9 Å². The number of halogens is 8. The lowest BCUT2D eigenvalue weighted by molar-refractivity contribution is -0.139. The lowest BCUT2D eigenvalue weighted by Crippen LogP contribution is -2.17. The number of aromatic nitrogens is 3. The van der Waals surface area contributed by atoms with E-state index in [1.807, 2.05) is 6.92 Å². The molecule has 2 aromatic heterocycles. The maximum absolute atomic E-state index is 13.9. The monoisotopic (exact) mass is 530 g/mol. The van der Waals surface area contributed by atoms with Crippen LogP contribution in [-0.4, -0.2) is 22.0 Å². The normalized spacial score (nSPS) is 13.6. The molecular formula is C20H19ClF7N4OP. The molecule has 5 nitrogen and oxygen atoms in total. The predicted octanol–water partition coefficient (Wildman–Crippen LogP) is 7.78. The van der Waals surface area contributed by atoms with E-state index in [0.29, 0.717) is 15.3 Å². The Morgan fingerprint density at radius 1 is 1.18 bits per heavy atom. The molecule has 0 aliphatic heterocycles. The summed E-state index contributed by atoms with van der Waals surface area (Å²) in [6, 6.07) is 5.82. The molecule has 186 valence electrons. The minimum Gasteiger partial charge on any atom is -0.356 e. The number of nitrogens with zero attached hydrogens (tertiary/aromatic N) is 3. The van der Waals surface area contributed by atoms with Gasteiger partial charge in [-0.2, -0.15) is 35.4 Å². The van der Waals surface area contributed by atoms with Crippen LogP contribution in [0.1, 0.15) is 42.6 Å². The van der Waals surface area contributed by atoms with Crippen LogP contribution in [0.4, 0.5) is 30.3 Å². The van der Waals surface area contributed by atoms with Gasteiger partial charge in [0.1, 0.15) is 17.0 Å². The number of benzene rings is 1. The van der Waals surface area contributed by atoms with Gasteiger partial charge in [0.05, 0.1) is 0 Å². The molecule has 14 heteroatoms. The summed E-state index contributed by atoms with van der Waals surface area (Å²) in [6.07, 6.45) is -3.79. The second kappa shape index (κ2) is 9.83. The first-order valence-corrected chi connectivity index (χ1v) is 11.4. The second-order valence-electron chi connectivity index (χ2n) is 7.41. The SMILES string of the molecule is CCCC(NC)c1cc(-c2cc(-c3c(C(F)(F)F)c(C(F)(F)P(F)F)nn3C)no2)ccc1Cl. The van der Waals surface area contributed by atoms with Crippen molar-refractivity contribution in [2.24, 2.45) is 7.05 Å². The van der Waals surface area contributed by atoms with Gasteiger partial charge in [0, 0.05) is 29.7 Å². The third-order valence-corrected chi connectivity index (χ3v) is 6.14. The molecule has 1 atom stereocenters. The summed E-state index contributed by atoms with van der Waals surface area (Å²) in [5.74, 6) is 0.0279. The van der Waals surface area contributed by atoms with E-state index >= 15 is 0 Å². The molecule has 3 rings (SSSR count). The fourth-order valence-electron chi connectivity index (χ4n) is 3.61. The van der Waals surface area contributed by atoms with Gasteiger partial charge in [0.15, 0.2) is 11.5 Å². The lowest BCUT2D eigenvalue weighted by Gasteiger charge is -2.17. The molecule has 2 heterocycles. The largest absolute Gasteiger partial charge is 0.420 e. The highest BCUT2D eigenvalue weighted by Gasteiger charge is 2.54. The molecule has 0 radical (unpaired) electrons. The fourth-order valence-corrected chi connectivity index (χ4v) is 4.17. The number of aryl methyl sites for hydroxylation is 1. The topological polar surface area (TPSA) is 55.9 Å². The third kappa shape index (κ3) is 4.94. The summed E-state index contributed by atoms with van der Waals surface area (Å²) in [5.41, 5.74) is -9.36. The van der Waals surface area contributed by atoms with E-state index in [1.165, 1.54) is 0 Å². The Hall–Kier alpha value is -2.17. The number of hydrogen-bond acceptors (Lipinski definition) is 4. The van der Waals surface area contributed by atoms with Gasteiger partial charge in [-0.25, -0.2) is 0 Å². The predicted molar refractivity (Wildman–Crippen MR) is 114 cm³/mol. The van der Waals surface area contributed by atoms with Gasteiger partial charge in [-0.05, 0) is 37.2 Å². The fraction of sp³-hybridized carbons (Fsp3) is 0.400. The Morgan fingerprint density at radius 3 is 2.41 bits per heavy atom. The molecule has 1 aromatic carbocycles. The van der Waals surface area contributed by atoms with E-state index in [-0.39, 0.29) is 11.8 Å². The Balaban J connectivity index is 2.13. The van der Waals surface area contributed by atoms with Crippen LogP contribution in [0.15, 0.2) is 28.8 Å². The van der Waals surface area contributed by atoms with Crippen molar-refractivity contribution in [2.75, 3.05) is 7.05 Å². The minimum atomic E-state index is -5.40. The smallest absolute Gasteiger partial charge is 0.356 e. The molecule has 3 aromatic rings. The first-order chi connectivity index (χ1) is 15.8. The Labute approximate surface area is 196 Å². The van der Waals surface area contributed by atoms with Crippen LogP contribution in [0.25, 0.3) is 22.7 Å². The van der Waals surface area contributed by atoms with Crippen LogP contribution < -0.4 is 5.32 Å². The van der Waals surface area contributed by atoms with Crippen LogP contribution in [0.2, 0.25) is 5.02 Å². The molecule has 1 unspecified atom stereocenters. The average molecular weight is 531 g/mol. The second-order valence-corrected chi connectivity index (χ2v) is 8.85.